The largest absolute Gasteiger partial charge is 0.496 e. The molecule has 2 aromatic rings. The maximum atomic E-state index is 13.0. The molecule has 1 nitrogen and oxygen atoms in total. The SMILES string of the molecule is COc1ccccc1C(C)(C)c1ccc(F)cc1. The zero-order chi connectivity index (χ0) is 13.2. The lowest BCUT2D eigenvalue weighted by Gasteiger charge is -2.27. The van der Waals surface area contributed by atoms with E-state index in [4.69, 9.17) is 4.74 Å². The fourth-order valence-electron chi connectivity index (χ4n) is 2.18. The van der Waals surface area contributed by atoms with Crippen LogP contribution in [0.4, 0.5) is 4.39 Å². The van der Waals surface area contributed by atoms with Gasteiger partial charge in [-0.05, 0) is 23.8 Å². The minimum absolute atomic E-state index is 0.213. The third kappa shape index (κ3) is 2.23. The van der Waals surface area contributed by atoms with Crippen LogP contribution in [-0.2, 0) is 5.41 Å². The summed E-state index contributed by atoms with van der Waals surface area (Å²) in [7, 11) is 1.67. The van der Waals surface area contributed by atoms with Crippen molar-refractivity contribution in [2.75, 3.05) is 7.11 Å². The number of hydrogen-bond donors (Lipinski definition) is 0. The lowest BCUT2D eigenvalue weighted by atomic mass is 9.78. The van der Waals surface area contributed by atoms with E-state index in [9.17, 15) is 4.39 Å². The number of para-hydroxylation sites is 1. The molecule has 0 fully saturated rings. The monoisotopic (exact) mass is 244 g/mol. The highest BCUT2D eigenvalue weighted by Crippen LogP contribution is 2.36. The maximum Gasteiger partial charge on any atom is 0.123 e. The molecule has 0 heterocycles. The smallest absolute Gasteiger partial charge is 0.123 e. The molecule has 0 saturated heterocycles. The Morgan fingerprint density at radius 1 is 0.944 bits per heavy atom. The minimum Gasteiger partial charge on any atom is -0.496 e. The lowest BCUT2D eigenvalue weighted by Crippen LogP contribution is -2.19. The van der Waals surface area contributed by atoms with Crippen molar-refractivity contribution in [1.29, 1.82) is 0 Å². The van der Waals surface area contributed by atoms with Crippen molar-refractivity contribution in [3.63, 3.8) is 0 Å². The highest BCUT2D eigenvalue weighted by molar-refractivity contribution is 5.45. The summed E-state index contributed by atoms with van der Waals surface area (Å²) in [5.74, 6) is 0.640. The van der Waals surface area contributed by atoms with Crippen LogP contribution in [0.5, 0.6) is 5.75 Å². The third-order valence-corrected chi connectivity index (χ3v) is 3.35. The van der Waals surface area contributed by atoms with E-state index in [0.29, 0.717) is 0 Å². The van der Waals surface area contributed by atoms with Gasteiger partial charge in [0.05, 0.1) is 7.11 Å². The van der Waals surface area contributed by atoms with Gasteiger partial charge in [0.15, 0.2) is 0 Å². The molecule has 0 unspecified atom stereocenters. The average Bonchev–Trinajstić information content (AvgIpc) is 2.39. The van der Waals surface area contributed by atoms with Gasteiger partial charge in [0.1, 0.15) is 11.6 Å². The molecule has 0 atom stereocenters. The number of halogens is 1. The Morgan fingerprint density at radius 2 is 1.56 bits per heavy atom. The van der Waals surface area contributed by atoms with Crippen LogP contribution in [0.2, 0.25) is 0 Å². The zero-order valence-electron chi connectivity index (χ0n) is 10.9. The molecule has 0 saturated carbocycles. The molecule has 2 heteroatoms. The molecule has 0 aliphatic rings. The molecular weight excluding hydrogens is 227 g/mol. The van der Waals surface area contributed by atoms with Gasteiger partial charge in [0.25, 0.3) is 0 Å². The van der Waals surface area contributed by atoms with Gasteiger partial charge in [-0.1, -0.05) is 44.2 Å². The van der Waals surface area contributed by atoms with Gasteiger partial charge in [-0.2, -0.15) is 0 Å². The molecule has 0 bridgehead atoms. The first kappa shape index (κ1) is 12.6. The molecular formula is C16H17FO. The summed E-state index contributed by atoms with van der Waals surface area (Å²) in [5.41, 5.74) is 1.94. The van der Waals surface area contributed by atoms with E-state index in [-0.39, 0.29) is 11.2 Å². The summed E-state index contributed by atoms with van der Waals surface area (Å²) >= 11 is 0. The fraction of sp³-hybridized carbons (Fsp3) is 0.250. The number of benzene rings is 2. The first-order chi connectivity index (χ1) is 8.55. The van der Waals surface area contributed by atoms with E-state index in [0.717, 1.165) is 16.9 Å². The number of hydrogen-bond acceptors (Lipinski definition) is 1. The second-order valence-corrected chi connectivity index (χ2v) is 4.83. The maximum absolute atomic E-state index is 13.0. The van der Waals surface area contributed by atoms with Crippen LogP contribution < -0.4 is 4.74 Å². The first-order valence-electron chi connectivity index (χ1n) is 5.95. The van der Waals surface area contributed by atoms with Gasteiger partial charge in [0, 0.05) is 11.0 Å². The van der Waals surface area contributed by atoms with Gasteiger partial charge in [-0.3, -0.25) is 0 Å². The Morgan fingerprint density at radius 3 is 2.17 bits per heavy atom. The Bertz CT molecular complexity index is 529. The Balaban J connectivity index is 2.50. The second kappa shape index (κ2) is 4.81. The van der Waals surface area contributed by atoms with Crippen molar-refractivity contribution in [1.82, 2.24) is 0 Å². The van der Waals surface area contributed by atoms with E-state index < -0.39 is 0 Å². The molecule has 2 rings (SSSR count). The molecule has 0 aliphatic heterocycles. The molecule has 2 aromatic carbocycles. The predicted octanol–water partition coefficient (Wildman–Crippen LogP) is 4.16. The molecule has 0 aliphatic carbocycles. The highest BCUT2D eigenvalue weighted by Gasteiger charge is 2.26. The summed E-state index contributed by atoms with van der Waals surface area (Å²) in [4.78, 5) is 0. The van der Waals surface area contributed by atoms with Gasteiger partial charge in [-0.25, -0.2) is 4.39 Å². The average molecular weight is 244 g/mol. The van der Waals surface area contributed by atoms with Crippen molar-refractivity contribution >= 4 is 0 Å². The lowest BCUT2D eigenvalue weighted by molar-refractivity contribution is 0.401. The van der Waals surface area contributed by atoms with Crippen LogP contribution in [-0.4, -0.2) is 7.11 Å². The topological polar surface area (TPSA) is 9.23 Å². The summed E-state index contributed by atoms with van der Waals surface area (Å²) in [6.45, 7) is 4.22. The van der Waals surface area contributed by atoms with Crippen molar-refractivity contribution in [2.45, 2.75) is 19.3 Å². The summed E-state index contributed by atoms with van der Waals surface area (Å²) < 4.78 is 18.4. The Hall–Kier alpha value is -1.83. The zero-order valence-corrected chi connectivity index (χ0v) is 10.9. The van der Waals surface area contributed by atoms with Crippen molar-refractivity contribution in [3.05, 3.63) is 65.5 Å². The highest BCUT2D eigenvalue weighted by atomic mass is 19.1. The van der Waals surface area contributed by atoms with E-state index in [1.807, 2.05) is 36.4 Å². The van der Waals surface area contributed by atoms with Gasteiger partial charge in [0.2, 0.25) is 0 Å². The van der Waals surface area contributed by atoms with E-state index in [1.54, 1.807) is 7.11 Å². The van der Waals surface area contributed by atoms with Crippen LogP contribution in [0.3, 0.4) is 0 Å². The summed E-state index contributed by atoms with van der Waals surface area (Å²) in [6.07, 6.45) is 0. The minimum atomic E-state index is -0.222. The number of ether oxygens (including phenoxy) is 1. The van der Waals surface area contributed by atoms with Crippen LogP contribution in [0, 0.1) is 5.82 Å². The van der Waals surface area contributed by atoms with Crippen LogP contribution >= 0.6 is 0 Å². The molecule has 94 valence electrons. The molecule has 0 radical (unpaired) electrons. The van der Waals surface area contributed by atoms with Crippen LogP contribution in [0.1, 0.15) is 25.0 Å². The van der Waals surface area contributed by atoms with Crippen molar-refractivity contribution < 1.29 is 9.13 Å². The number of rotatable bonds is 3. The predicted molar refractivity (Wildman–Crippen MR) is 71.5 cm³/mol. The van der Waals surface area contributed by atoms with Crippen LogP contribution in [0.15, 0.2) is 48.5 Å². The second-order valence-electron chi connectivity index (χ2n) is 4.83. The Kier molecular flexibility index (Phi) is 3.37. The quantitative estimate of drug-likeness (QED) is 0.787. The van der Waals surface area contributed by atoms with Crippen LogP contribution in [0.25, 0.3) is 0 Å². The van der Waals surface area contributed by atoms with E-state index in [2.05, 4.69) is 13.8 Å². The molecule has 18 heavy (non-hydrogen) atoms. The van der Waals surface area contributed by atoms with Gasteiger partial charge in [-0.15, -0.1) is 0 Å². The molecule has 0 spiro atoms. The first-order valence-corrected chi connectivity index (χ1v) is 5.95. The van der Waals surface area contributed by atoms with Crippen molar-refractivity contribution in [3.8, 4) is 5.75 Å². The third-order valence-electron chi connectivity index (χ3n) is 3.35. The molecule has 0 aromatic heterocycles. The molecule has 0 amide bonds. The number of methoxy groups -OCH3 is 1. The molecule has 0 N–H and O–H groups in total. The fourth-order valence-corrected chi connectivity index (χ4v) is 2.18. The summed E-state index contributed by atoms with van der Waals surface area (Å²) in [5, 5.41) is 0. The Labute approximate surface area is 107 Å². The normalized spacial score (nSPS) is 11.3. The van der Waals surface area contributed by atoms with Gasteiger partial charge >= 0.3 is 0 Å². The standard InChI is InChI=1S/C16H17FO/c1-16(2,12-8-10-13(17)11-9-12)14-6-4-5-7-15(14)18-3/h4-11H,1-3H3. The summed E-state index contributed by atoms with van der Waals surface area (Å²) in [6, 6.07) is 14.6. The van der Waals surface area contributed by atoms with E-state index in [1.165, 1.54) is 12.1 Å². The van der Waals surface area contributed by atoms with E-state index >= 15 is 0 Å². The van der Waals surface area contributed by atoms with Crippen molar-refractivity contribution in [2.24, 2.45) is 0 Å². The van der Waals surface area contributed by atoms with Gasteiger partial charge < -0.3 is 4.74 Å².